The Morgan fingerprint density at radius 3 is 2.76 bits per heavy atom. The van der Waals surface area contributed by atoms with Crippen LogP contribution in [-0.4, -0.2) is 37.2 Å². The lowest BCUT2D eigenvalue weighted by Crippen LogP contribution is -2.35. The topological polar surface area (TPSA) is 41.6 Å². The Labute approximate surface area is 102 Å². The van der Waals surface area contributed by atoms with E-state index in [-0.39, 0.29) is 6.09 Å². The third kappa shape index (κ3) is 4.07. The molecule has 0 radical (unpaired) electrons. The van der Waals surface area contributed by atoms with Crippen LogP contribution in [0.3, 0.4) is 0 Å². The summed E-state index contributed by atoms with van der Waals surface area (Å²) < 4.78 is 5.10. The highest BCUT2D eigenvalue weighted by atomic mass is 16.5. The summed E-state index contributed by atoms with van der Waals surface area (Å²) >= 11 is 0. The lowest BCUT2D eigenvalue weighted by Gasteiger charge is -2.15. The summed E-state index contributed by atoms with van der Waals surface area (Å²) in [4.78, 5) is 13.7. The quantitative estimate of drug-likeness (QED) is 0.845. The van der Waals surface area contributed by atoms with E-state index in [1.54, 1.807) is 12.1 Å². The number of hydrogen-bond donors (Lipinski definition) is 1. The van der Waals surface area contributed by atoms with Crippen molar-refractivity contribution in [1.82, 2.24) is 10.2 Å². The van der Waals surface area contributed by atoms with Crippen molar-refractivity contribution in [1.29, 1.82) is 0 Å². The Morgan fingerprint density at radius 1 is 1.41 bits per heavy atom. The van der Waals surface area contributed by atoms with E-state index in [0.29, 0.717) is 12.3 Å². The van der Waals surface area contributed by atoms with Crippen molar-refractivity contribution in [2.75, 3.05) is 20.1 Å². The van der Waals surface area contributed by atoms with E-state index in [4.69, 9.17) is 4.74 Å². The second kappa shape index (κ2) is 5.68. The number of carbonyl (C=O) groups excluding carboxylic acids is 1. The zero-order valence-electron chi connectivity index (χ0n) is 10.1. The molecular weight excluding hydrogens is 216 g/mol. The summed E-state index contributed by atoms with van der Waals surface area (Å²) in [7, 11) is 2.09. The highest BCUT2D eigenvalue weighted by Gasteiger charge is 2.25. The van der Waals surface area contributed by atoms with Gasteiger partial charge < -0.3 is 15.0 Å². The molecule has 1 aromatic rings. The molecular formula is C13H18N2O2. The molecule has 0 aliphatic heterocycles. The minimum absolute atomic E-state index is 0.389. The van der Waals surface area contributed by atoms with Gasteiger partial charge in [-0.05, 0) is 32.0 Å². The van der Waals surface area contributed by atoms with E-state index in [9.17, 15) is 4.79 Å². The summed E-state index contributed by atoms with van der Waals surface area (Å²) in [6.45, 7) is 1.49. The summed E-state index contributed by atoms with van der Waals surface area (Å²) in [5.74, 6) is 0.570. The second-order valence-electron chi connectivity index (χ2n) is 4.34. The number of benzene rings is 1. The molecule has 1 aliphatic rings. The number of hydrogen-bond acceptors (Lipinski definition) is 3. The third-order valence-electron chi connectivity index (χ3n) is 2.86. The zero-order chi connectivity index (χ0) is 12.1. The molecule has 17 heavy (non-hydrogen) atoms. The highest BCUT2D eigenvalue weighted by molar-refractivity contribution is 5.70. The van der Waals surface area contributed by atoms with Crippen molar-refractivity contribution in [2.45, 2.75) is 18.9 Å². The van der Waals surface area contributed by atoms with Crippen LogP contribution in [0, 0.1) is 0 Å². The predicted octanol–water partition coefficient (Wildman–Crippen LogP) is 1.87. The van der Waals surface area contributed by atoms with Crippen LogP contribution in [-0.2, 0) is 0 Å². The van der Waals surface area contributed by atoms with Crippen molar-refractivity contribution in [3.8, 4) is 5.75 Å². The van der Waals surface area contributed by atoms with E-state index in [0.717, 1.165) is 12.6 Å². The average Bonchev–Trinajstić information content (AvgIpc) is 3.14. The molecule has 1 amide bonds. The van der Waals surface area contributed by atoms with Crippen LogP contribution in [0.5, 0.6) is 5.75 Å². The van der Waals surface area contributed by atoms with Gasteiger partial charge in [-0.25, -0.2) is 4.79 Å². The van der Waals surface area contributed by atoms with Crippen LogP contribution in [0.15, 0.2) is 30.3 Å². The van der Waals surface area contributed by atoms with E-state index >= 15 is 0 Å². The molecule has 0 saturated heterocycles. The van der Waals surface area contributed by atoms with Gasteiger partial charge in [-0.1, -0.05) is 18.2 Å². The Hall–Kier alpha value is -1.55. The maximum absolute atomic E-state index is 11.4. The first kappa shape index (κ1) is 11.9. The predicted molar refractivity (Wildman–Crippen MR) is 66.1 cm³/mol. The number of carbonyl (C=O) groups is 1. The smallest absolute Gasteiger partial charge is 0.410 e. The minimum atomic E-state index is -0.389. The largest absolute Gasteiger partial charge is 0.412 e. The fourth-order valence-electron chi connectivity index (χ4n) is 1.66. The van der Waals surface area contributed by atoms with Gasteiger partial charge in [0.2, 0.25) is 0 Å². The molecule has 1 saturated carbocycles. The van der Waals surface area contributed by atoms with Crippen LogP contribution in [0.25, 0.3) is 0 Å². The molecule has 1 aromatic carbocycles. The Bertz CT molecular complexity index is 363. The molecule has 4 nitrogen and oxygen atoms in total. The summed E-state index contributed by atoms with van der Waals surface area (Å²) in [6, 6.07) is 9.80. The van der Waals surface area contributed by atoms with Gasteiger partial charge in [0.15, 0.2) is 0 Å². The molecule has 4 heteroatoms. The number of nitrogens with zero attached hydrogens (tertiary/aromatic N) is 1. The fraction of sp³-hybridized carbons (Fsp3) is 0.462. The molecule has 0 bridgehead atoms. The lowest BCUT2D eigenvalue weighted by atomic mass is 10.3. The van der Waals surface area contributed by atoms with Crippen molar-refractivity contribution < 1.29 is 9.53 Å². The van der Waals surface area contributed by atoms with Crippen molar-refractivity contribution in [3.05, 3.63) is 30.3 Å². The van der Waals surface area contributed by atoms with Crippen molar-refractivity contribution >= 4 is 6.09 Å². The van der Waals surface area contributed by atoms with Crippen LogP contribution in [0.1, 0.15) is 12.8 Å². The summed E-state index contributed by atoms with van der Waals surface area (Å²) in [6.07, 6.45) is 2.18. The molecule has 0 atom stereocenters. The van der Waals surface area contributed by atoms with Gasteiger partial charge in [0.1, 0.15) is 5.75 Å². The third-order valence-corrected chi connectivity index (χ3v) is 2.86. The Balaban J connectivity index is 1.64. The number of likely N-dealkylation sites (N-methyl/N-ethyl adjacent to an activating group) is 1. The zero-order valence-corrected chi connectivity index (χ0v) is 10.1. The maximum atomic E-state index is 11.4. The van der Waals surface area contributed by atoms with Gasteiger partial charge in [-0.3, -0.25) is 0 Å². The molecule has 0 heterocycles. The molecule has 1 aliphatic carbocycles. The van der Waals surface area contributed by atoms with Crippen molar-refractivity contribution in [3.63, 3.8) is 0 Å². The Morgan fingerprint density at radius 2 is 2.12 bits per heavy atom. The molecule has 0 unspecified atom stereocenters. The van der Waals surface area contributed by atoms with Gasteiger partial charge in [0.05, 0.1) is 0 Å². The molecule has 1 fully saturated rings. The van der Waals surface area contributed by atoms with E-state index in [1.807, 2.05) is 18.2 Å². The van der Waals surface area contributed by atoms with Gasteiger partial charge in [-0.2, -0.15) is 0 Å². The molecule has 1 N–H and O–H groups in total. The molecule has 2 rings (SSSR count). The number of amides is 1. The maximum Gasteiger partial charge on any atom is 0.412 e. The highest BCUT2D eigenvalue weighted by Crippen LogP contribution is 2.24. The number of rotatable bonds is 5. The van der Waals surface area contributed by atoms with Crippen LogP contribution < -0.4 is 10.1 Å². The summed E-state index contributed by atoms with van der Waals surface area (Å²) in [5, 5.41) is 2.74. The molecule has 92 valence electrons. The van der Waals surface area contributed by atoms with Gasteiger partial charge in [-0.15, -0.1) is 0 Å². The SMILES string of the molecule is CN(CCNC(=O)Oc1ccccc1)C1CC1. The number of para-hydroxylation sites is 1. The van der Waals surface area contributed by atoms with Crippen molar-refractivity contribution in [2.24, 2.45) is 0 Å². The average molecular weight is 234 g/mol. The Kier molecular flexibility index (Phi) is 3.98. The first-order chi connectivity index (χ1) is 8.25. The first-order valence-electron chi connectivity index (χ1n) is 5.96. The normalized spacial score (nSPS) is 14.7. The fourth-order valence-corrected chi connectivity index (χ4v) is 1.66. The molecule has 0 aromatic heterocycles. The van der Waals surface area contributed by atoms with Crippen LogP contribution >= 0.6 is 0 Å². The van der Waals surface area contributed by atoms with E-state index in [1.165, 1.54) is 12.8 Å². The second-order valence-corrected chi connectivity index (χ2v) is 4.34. The monoisotopic (exact) mass is 234 g/mol. The van der Waals surface area contributed by atoms with E-state index < -0.39 is 0 Å². The van der Waals surface area contributed by atoms with E-state index in [2.05, 4.69) is 17.3 Å². The van der Waals surface area contributed by atoms with Gasteiger partial charge in [0, 0.05) is 19.1 Å². The van der Waals surface area contributed by atoms with Gasteiger partial charge >= 0.3 is 6.09 Å². The number of ether oxygens (including phenoxy) is 1. The first-order valence-corrected chi connectivity index (χ1v) is 5.96. The van der Waals surface area contributed by atoms with Crippen LogP contribution in [0.2, 0.25) is 0 Å². The number of nitrogens with one attached hydrogen (secondary N) is 1. The van der Waals surface area contributed by atoms with Crippen LogP contribution in [0.4, 0.5) is 4.79 Å². The molecule has 0 spiro atoms. The summed E-state index contributed by atoms with van der Waals surface area (Å²) in [5.41, 5.74) is 0. The lowest BCUT2D eigenvalue weighted by molar-refractivity contribution is 0.198. The minimum Gasteiger partial charge on any atom is -0.410 e. The standard InChI is InChI=1S/C13H18N2O2/c1-15(11-7-8-11)10-9-14-13(16)17-12-5-3-2-4-6-12/h2-6,11H,7-10H2,1H3,(H,14,16). The van der Waals surface area contributed by atoms with Gasteiger partial charge in [0.25, 0.3) is 0 Å².